The van der Waals surface area contributed by atoms with E-state index in [9.17, 15) is 18.0 Å². The van der Waals surface area contributed by atoms with Gasteiger partial charge in [-0.1, -0.05) is 70.9 Å². The number of amides is 2. The maximum Gasteiger partial charge on any atom is 0.264 e. The van der Waals surface area contributed by atoms with Gasteiger partial charge >= 0.3 is 0 Å². The van der Waals surface area contributed by atoms with E-state index in [0.29, 0.717) is 12.1 Å². The van der Waals surface area contributed by atoms with Gasteiger partial charge in [-0.15, -0.1) is 0 Å². The van der Waals surface area contributed by atoms with Crippen molar-refractivity contribution >= 4 is 43.5 Å². The van der Waals surface area contributed by atoms with Crippen molar-refractivity contribution in [2.75, 3.05) is 17.9 Å². The fourth-order valence-electron chi connectivity index (χ4n) is 3.84. The van der Waals surface area contributed by atoms with Crippen LogP contribution in [0.2, 0.25) is 0 Å². The molecular formula is C27H30BrN3O4S. The third kappa shape index (κ3) is 6.53. The van der Waals surface area contributed by atoms with Crippen LogP contribution >= 0.6 is 15.9 Å². The quantitative estimate of drug-likeness (QED) is 0.388. The number of hydrogen-bond acceptors (Lipinski definition) is 4. The zero-order chi connectivity index (χ0) is 26.3. The number of nitrogens with zero attached hydrogens (tertiary/aromatic N) is 2. The van der Waals surface area contributed by atoms with Crippen LogP contribution in [-0.2, 0) is 26.2 Å². The predicted molar refractivity (Wildman–Crippen MR) is 145 cm³/mol. The molecule has 9 heteroatoms. The molecule has 190 valence electrons. The molecule has 0 radical (unpaired) electrons. The number of carbonyl (C=O) groups is 2. The maximum atomic E-state index is 13.8. The van der Waals surface area contributed by atoms with Crippen LogP contribution < -0.4 is 9.62 Å². The largest absolute Gasteiger partial charge is 0.357 e. The highest BCUT2D eigenvalue weighted by atomic mass is 79.9. The molecule has 2 amide bonds. The molecule has 3 rings (SSSR count). The van der Waals surface area contributed by atoms with E-state index in [1.807, 2.05) is 44.2 Å². The Morgan fingerprint density at radius 3 is 2.11 bits per heavy atom. The molecule has 36 heavy (non-hydrogen) atoms. The van der Waals surface area contributed by atoms with E-state index in [0.717, 1.165) is 19.9 Å². The first kappa shape index (κ1) is 27.4. The van der Waals surface area contributed by atoms with Crippen LogP contribution in [0.15, 0.2) is 88.2 Å². The summed E-state index contributed by atoms with van der Waals surface area (Å²) in [6.07, 6.45) is 0.376. The molecule has 0 aliphatic heterocycles. The third-order valence-electron chi connectivity index (χ3n) is 5.83. The summed E-state index contributed by atoms with van der Waals surface area (Å²) in [6.45, 7) is 3.40. The minimum atomic E-state index is -4.07. The third-order valence-corrected chi connectivity index (χ3v) is 8.15. The van der Waals surface area contributed by atoms with Gasteiger partial charge in [-0.05, 0) is 55.3 Å². The number of hydrogen-bond donors (Lipinski definition) is 1. The van der Waals surface area contributed by atoms with Crippen molar-refractivity contribution in [1.29, 1.82) is 0 Å². The summed E-state index contributed by atoms with van der Waals surface area (Å²) in [5.74, 6) is -0.786. The van der Waals surface area contributed by atoms with Crippen LogP contribution in [0, 0.1) is 6.92 Å². The summed E-state index contributed by atoms with van der Waals surface area (Å²) < 4.78 is 29.4. The van der Waals surface area contributed by atoms with Gasteiger partial charge in [0.1, 0.15) is 12.6 Å². The van der Waals surface area contributed by atoms with E-state index in [2.05, 4.69) is 21.2 Å². The highest BCUT2D eigenvalue weighted by Gasteiger charge is 2.33. The monoisotopic (exact) mass is 571 g/mol. The standard InChI is InChI=1S/C27H30BrN3O4S/c1-4-25(27(33)29-3)30(18-21-8-6-5-7-9-21)26(32)19-31(23-14-12-22(28)13-15-23)36(34,35)24-16-10-20(2)11-17-24/h5-17,25H,4,18-19H2,1-3H3,(H,29,33)/t25-/m0/s1. The molecular weight excluding hydrogens is 542 g/mol. The lowest BCUT2D eigenvalue weighted by molar-refractivity contribution is -0.140. The van der Waals surface area contributed by atoms with E-state index < -0.39 is 28.5 Å². The van der Waals surface area contributed by atoms with E-state index in [1.54, 1.807) is 36.4 Å². The second-order valence-electron chi connectivity index (χ2n) is 8.35. The lowest BCUT2D eigenvalue weighted by Gasteiger charge is -2.33. The fraction of sp³-hybridized carbons (Fsp3) is 0.259. The smallest absolute Gasteiger partial charge is 0.264 e. The van der Waals surface area contributed by atoms with Gasteiger partial charge in [0, 0.05) is 18.1 Å². The number of aryl methyl sites for hydroxylation is 1. The van der Waals surface area contributed by atoms with Crippen molar-refractivity contribution < 1.29 is 18.0 Å². The molecule has 0 heterocycles. The lowest BCUT2D eigenvalue weighted by atomic mass is 10.1. The zero-order valence-corrected chi connectivity index (χ0v) is 22.9. The topological polar surface area (TPSA) is 86.8 Å². The number of halogens is 1. The first-order chi connectivity index (χ1) is 17.2. The minimum absolute atomic E-state index is 0.0803. The minimum Gasteiger partial charge on any atom is -0.357 e. The molecule has 0 saturated heterocycles. The molecule has 0 fully saturated rings. The van der Waals surface area contributed by atoms with E-state index in [-0.39, 0.29) is 17.3 Å². The summed E-state index contributed by atoms with van der Waals surface area (Å²) in [7, 11) is -2.55. The van der Waals surface area contributed by atoms with Crippen LogP contribution in [0.4, 0.5) is 5.69 Å². The highest BCUT2D eigenvalue weighted by Crippen LogP contribution is 2.26. The fourth-order valence-corrected chi connectivity index (χ4v) is 5.52. The Labute approximate surface area is 221 Å². The number of carbonyl (C=O) groups excluding carboxylic acids is 2. The Kier molecular flexibility index (Phi) is 9.28. The first-order valence-electron chi connectivity index (χ1n) is 11.6. The molecule has 0 spiro atoms. The van der Waals surface area contributed by atoms with E-state index >= 15 is 0 Å². The van der Waals surface area contributed by atoms with Gasteiger partial charge in [-0.2, -0.15) is 0 Å². The van der Waals surface area contributed by atoms with Crippen molar-refractivity contribution in [3.63, 3.8) is 0 Å². The molecule has 0 bridgehead atoms. The molecule has 0 aliphatic rings. The predicted octanol–water partition coefficient (Wildman–Crippen LogP) is 4.51. The SMILES string of the molecule is CC[C@@H](C(=O)NC)N(Cc1ccccc1)C(=O)CN(c1ccc(Br)cc1)S(=O)(=O)c1ccc(C)cc1. The van der Waals surface area contributed by atoms with Crippen LogP contribution in [-0.4, -0.2) is 44.8 Å². The molecule has 1 atom stereocenters. The Balaban J connectivity index is 2.04. The van der Waals surface area contributed by atoms with Gasteiger partial charge in [0.05, 0.1) is 10.6 Å². The molecule has 0 unspecified atom stereocenters. The number of sulfonamides is 1. The second-order valence-corrected chi connectivity index (χ2v) is 11.1. The first-order valence-corrected chi connectivity index (χ1v) is 13.8. The van der Waals surface area contributed by atoms with Crippen molar-refractivity contribution in [2.24, 2.45) is 0 Å². The number of benzene rings is 3. The van der Waals surface area contributed by atoms with Crippen LogP contribution in [0.25, 0.3) is 0 Å². The van der Waals surface area contributed by atoms with Gasteiger partial charge < -0.3 is 10.2 Å². The molecule has 3 aromatic carbocycles. The van der Waals surface area contributed by atoms with Crippen molar-refractivity contribution in [3.05, 3.63) is 94.5 Å². The summed E-state index contributed by atoms with van der Waals surface area (Å²) in [5.41, 5.74) is 2.11. The van der Waals surface area contributed by atoms with Gasteiger partial charge in [0.2, 0.25) is 11.8 Å². The van der Waals surface area contributed by atoms with Crippen molar-refractivity contribution in [1.82, 2.24) is 10.2 Å². The summed E-state index contributed by atoms with van der Waals surface area (Å²) in [5, 5.41) is 2.62. The average Bonchev–Trinajstić information content (AvgIpc) is 2.88. The highest BCUT2D eigenvalue weighted by molar-refractivity contribution is 9.10. The van der Waals surface area contributed by atoms with Crippen molar-refractivity contribution in [3.8, 4) is 0 Å². The van der Waals surface area contributed by atoms with Crippen molar-refractivity contribution in [2.45, 2.75) is 37.8 Å². The molecule has 1 N–H and O–H groups in total. The maximum absolute atomic E-state index is 13.8. The Morgan fingerprint density at radius 1 is 0.944 bits per heavy atom. The van der Waals surface area contributed by atoms with Gasteiger partial charge in [-0.25, -0.2) is 8.42 Å². The summed E-state index contributed by atoms with van der Waals surface area (Å²) in [4.78, 5) is 28.0. The Hall–Kier alpha value is -3.17. The number of rotatable bonds is 10. The molecule has 7 nitrogen and oxygen atoms in total. The van der Waals surface area contributed by atoms with Gasteiger partial charge in [-0.3, -0.25) is 13.9 Å². The number of nitrogens with one attached hydrogen (secondary N) is 1. The molecule has 0 aliphatic carbocycles. The second kappa shape index (κ2) is 12.2. The zero-order valence-electron chi connectivity index (χ0n) is 20.5. The average molecular weight is 573 g/mol. The Morgan fingerprint density at radius 2 is 1.56 bits per heavy atom. The van der Waals surface area contributed by atoms with Gasteiger partial charge in [0.25, 0.3) is 10.0 Å². The normalized spacial score (nSPS) is 12.0. The summed E-state index contributed by atoms with van der Waals surface area (Å²) >= 11 is 3.37. The molecule has 0 saturated carbocycles. The lowest BCUT2D eigenvalue weighted by Crippen LogP contribution is -2.51. The van der Waals surface area contributed by atoms with Crippen LogP contribution in [0.1, 0.15) is 24.5 Å². The van der Waals surface area contributed by atoms with Crippen LogP contribution in [0.5, 0.6) is 0 Å². The summed E-state index contributed by atoms with van der Waals surface area (Å²) in [6, 6.07) is 21.8. The molecule has 3 aromatic rings. The van der Waals surface area contributed by atoms with E-state index in [4.69, 9.17) is 0 Å². The van der Waals surface area contributed by atoms with Crippen LogP contribution in [0.3, 0.4) is 0 Å². The molecule has 0 aromatic heterocycles. The van der Waals surface area contributed by atoms with Gasteiger partial charge in [0.15, 0.2) is 0 Å². The Bertz CT molecular complexity index is 1280. The van der Waals surface area contributed by atoms with E-state index in [1.165, 1.54) is 24.1 Å². The number of likely N-dealkylation sites (N-methyl/N-ethyl adjacent to an activating group) is 1. The number of anilines is 1.